The van der Waals surface area contributed by atoms with E-state index in [1.54, 1.807) is 19.0 Å². The molecule has 122 heavy (non-hydrogen) atoms. The average Bonchev–Trinajstić information content (AvgIpc) is 1.68. The van der Waals surface area contributed by atoms with Gasteiger partial charge in [0.15, 0.2) is 23.8 Å². The third-order valence-corrected chi connectivity index (χ3v) is 23.8. The normalized spacial score (nSPS) is 17.7. The van der Waals surface area contributed by atoms with E-state index in [9.17, 15) is 43.2 Å². The number of unbranched alkanes of at least 4 members (excludes halogenated alkanes) is 48. The SMILES string of the molecule is CC1(C)OCC(COCC2CO2)O1.CCCCCCCCCCCCCCCC(=O)OCC(COP(=O)([O-])OCCN(C)CC(O)COCC1COC(C)(C)O1)OC(=O)CCCCCCCCCCCCCCC.CCCCCCCCCCCCCCCC(=O)OCC(COP(=O)([O-])OCCNC)OC(=O)CCCCCCCCCCCCCCC. The molecule has 0 saturated carbocycles. The number of rotatable bonds is 86. The van der Waals surface area contributed by atoms with Crippen LogP contribution in [0.4, 0.5) is 0 Å². The number of phosphoric ester groups is 2. The van der Waals surface area contributed by atoms with Crippen molar-refractivity contribution in [2.75, 3.05) is 120 Å². The van der Waals surface area contributed by atoms with Crippen LogP contribution >= 0.6 is 15.6 Å². The third kappa shape index (κ3) is 79.8. The van der Waals surface area contributed by atoms with Crippen LogP contribution in [0.2, 0.25) is 0 Å². The number of aliphatic hydroxyl groups is 1. The number of likely N-dealkylation sites (N-methyl/N-ethyl adjacent to an activating group) is 2. The maximum atomic E-state index is 12.8. The van der Waals surface area contributed by atoms with Gasteiger partial charge in [0.1, 0.15) is 31.5 Å². The number of nitrogens with one attached hydrogen (secondary N) is 1. The highest BCUT2D eigenvalue weighted by atomic mass is 31.2. The van der Waals surface area contributed by atoms with Gasteiger partial charge in [0.25, 0.3) is 15.6 Å². The summed E-state index contributed by atoms with van der Waals surface area (Å²) in [5.74, 6) is -2.82. The van der Waals surface area contributed by atoms with Gasteiger partial charge in [0.05, 0.1) is 78.8 Å². The Labute approximate surface area is 742 Å². The van der Waals surface area contributed by atoms with Crippen molar-refractivity contribution in [3.63, 3.8) is 0 Å². The van der Waals surface area contributed by atoms with Crippen molar-refractivity contribution in [2.24, 2.45) is 0 Å². The van der Waals surface area contributed by atoms with Crippen LogP contribution in [-0.4, -0.2) is 202 Å². The fourth-order valence-corrected chi connectivity index (χ4v) is 15.9. The molecular weight excluding hydrogens is 1600 g/mol. The van der Waals surface area contributed by atoms with Gasteiger partial charge >= 0.3 is 23.9 Å². The van der Waals surface area contributed by atoms with E-state index in [2.05, 4.69) is 33.0 Å². The Kier molecular flexibility index (Phi) is 77.9. The molecule has 0 spiro atoms. The number of phosphoric acid groups is 2. The van der Waals surface area contributed by atoms with Gasteiger partial charge in [-0.15, -0.1) is 0 Å². The molecule has 724 valence electrons. The first kappa shape index (κ1) is 118. The minimum atomic E-state index is -4.78. The van der Waals surface area contributed by atoms with Gasteiger partial charge in [0, 0.05) is 45.3 Å². The van der Waals surface area contributed by atoms with E-state index < -0.39 is 76.7 Å². The summed E-state index contributed by atoms with van der Waals surface area (Å²) in [4.78, 5) is 76.7. The summed E-state index contributed by atoms with van der Waals surface area (Å²) in [7, 11) is -5.97. The Morgan fingerprint density at radius 1 is 0.393 bits per heavy atom. The molecule has 28 heteroatoms. The van der Waals surface area contributed by atoms with Gasteiger partial charge in [-0.1, -0.05) is 336 Å². The van der Waals surface area contributed by atoms with Crippen molar-refractivity contribution in [3.05, 3.63) is 0 Å². The van der Waals surface area contributed by atoms with Gasteiger partial charge < -0.3 is 95.3 Å². The predicted octanol–water partition coefficient (Wildman–Crippen LogP) is 21.0. The number of carbonyl (C=O) groups excluding carboxylic acids is 4. The lowest BCUT2D eigenvalue weighted by Crippen LogP contribution is -2.35. The molecule has 2 N–H and O–H groups in total. The number of aliphatic hydroxyl groups excluding tert-OH is 1. The van der Waals surface area contributed by atoms with E-state index in [4.69, 9.17) is 70.2 Å². The Morgan fingerprint density at radius 2 is 0.672 bits per heavy atom. The number of esters is 4. The number of ether oxygens (including phenoxy) is 11. The number of hydrogen-bond acceptors (Lipinski definition) is 26. The van der Waals surface area contributed by atoms with E-state index >= 15 is 0 Å². The van der Waals surface area contributed by atoms with Crippen LogP contribution in [0, 0.1) is 0 Å². The molecule has 0 aromatic rings. The molecule has 0 bridgehead atoms. The summed E-state index contributed by atoms with van der Waals surface area (Å²) in [5.41, 5.74) is 0. The molecule has 3 rings (SSSR count). The van der Waals surface area contributed by atoms with Crippen molar-refractivity contribution in [1.82, 2.24) is 10.2 Å². The molecule has 3 fully saturated rings. The molecule has 0 amide bonds. The summed E-state index contributed by atoms with van der Waals surface area (Å²) in [6.45, 7) is 18.9. The first-order chi connectivity index (χ1) is 58.9. The van der Waals surface area contributed by atoms with Crippen molar-refractivity contribution in [2.45, 2.75) is 463 Å². The molecule has 3 saturated heterocycles. The molecule has 3 aliphatic rings. The predicted molar refractivity (Wildman–Crippen MR) is 481 cm³/mol. The smallest absolute Gasteiger partial charge is 0.306 e. The summed E-state index contributed by atoms with van der Waals surface area (Å²) in [6, 6.07) is 0. The van der Waals surface area contributed by atoms with Crippen molar-refractivity contribution in [1.29, 1.82) is 0 Å². The standard InChI is InChI=1S/C47H92NO12P.C38H76NO8P.C9H16O4/c1-6-8-10-12-14-16-18-20-22-24-26-28-30-32-45(50)55-39-43(59-46(51)33-31-29-27-25-23-21-19-17-15-13-11-9-7-2)41-58-61(52,53)57-35-34-48(5)36-42(49)37-54-38-44-40-56-47(3,4)60-44;1-4-6-8-10-12-14-16-18-20-22-24-26-28-30-37(40)44-34-36(35-46-48(42,43)45-33-32-39-3)47-38(41)31-29-27-25-23-21-19-17-15-13-11-9-7-5-2;1-9(2)12-6-8(13-9)4-10-3-7-5-11-7/h42-44,49H,6-41H2,1-5H3,(H,52,53);36,39H,4-35H2,1-3H3,(H,42,43);7-8H,3-6H2,1-2H3/p-2. The maximum Gasteiger partial charge on any atom is 0.306 e. The zero-order valence-corrected chi connectivity index (χ0v) is 80.8. The summed E-state index contributed by atoms with van der Waals surface area (Å²) >= 11 is 0. The topological polar surface area (TPSA) is 326 Å². The molecule has 0 aromatic heterocycles. The van der Waals surface area contributed by atoms with Crippen LogP contribution in [-0.2, 0) is 98.5 Å². The lowest BCUT2D eigenvalue weighted by Gasteiger charge is -2.27. The lowest BCUT2D eigenvalue weighted by atomic mass is 10.0. The number of carbonyl (C=O) groups is 4. The Balaban J connectivity index is 0.00000108. The molecule has 0 aliphatic carbocycles. The molecule has 0 radical (unpaired) electrons. The van der Waals surface area contributed by atoms with Crippen LogP contribution in [0.25, 0.3) is 0 Å². The number of hydrogen-bond donors (Lipinski definition) is 2. The van der Waals surface area contributed by atoms with E-state index in [0.717, 1.165) is 77.2 Å². The summed E-state index contributed by atoms with van der Waals surface area (Å²) in [6.07, 6.45) is 61.1. The van der Waals surface area contributed by atoms with E-state index in [1.165, 1.54) is 244 Å². The van der Waals surface area contributed by atoms with E-state index in [0.29, 0.717) is 64.9 Å². The van der Waals surface area contributed by atoms with E-state index in [1.807, 2.05) is 27.7 Å². The number of nitrogens with zero attached hydrogens (tertiary/aromatic N) is 1. The zero-order chi connectivity index (χ0) is 89.6. The monoisotopic (exact) mass is 1790 g/mol. The molecule has 3 aliphatic heterocycles. The van der Waals surface area contributed by atoms with Crippen LogP contribution in [0.1, 0.15) is 415 Å². The summed E-state index contributed by atoms with van der Waals surface area (Å²) in [5, 5.41) is 13.2. The largest absolute Gasteiger partial charge is 0.756 e. The fourth-order valence-electron chi connectivity index (χ4n) is 14.4. The van der Waals surface area contributed by atoms with Crippen molar-refractivity contribution in [3.8, 4) is 0 Å². The molecule has 0 aromatic carbocycles. The molecule has 8 unspecified atom stereocenters. The zero-order valence-electron chi connectivity index (χ0n) is 79.1. The van der Waals surface area contributed by atoms with Crippen LogP contribution < -0.4 is 15.1 Å². The minimum absolute atomic E-state index is 0.0745. The van der Waals surface area contributed by atoms with Crippen molar-refractivity contribution < 1.29 is 113 Å². The van der Waals surface area contributed by atoms with Gasteiger partial charge in [-0.05, 0) is 67.5 Å². The maximum absolute atomic E-state index is 12.8. The van der Waals surface area contributed by atoms with Gasteiger partial charge in [0.2, 0.25) is 0 Å². The second kappa shape index (κ2) is 80.8. The van der Waals surface area contributed by atoms with E-state index in [-0.39, 0.29) is 90.0 Å². The fraction of sp³-hybridized carbons (Fsp3) is 0.957. The van der Waals surface area contributed by atoms with Crippen molar-refractivity contribution >= 4 is 39.5 Å². The second-order valence-corrected chi connectivity index (χ2v) is 38.0. The minimum Gasteiger partial charge on any atom is -0.756 e. The van der Waals surface area contributed by atoms with Crippen LogP contribution in [0.15, 0.2) is 0 Å². The van der Waals surface area contributed by atoms with Gasteiger partial charge in [-0.3, -0.25) is 28.3 Å². The molecule has 3 heterocycles. The van der Waals surface area contributed by atoms with Crippen LogP contribution in [0.3, 0.4) is 0 Å². The Morgan fingerprint density at radius 3 is 0.959 bits per heavy atom. The molecule has 26 nitrogen and oxygen atoms in total. The highest BCUT2D eigenvalue weighted by molar-refractivity contribution is 7.46. The first-order valence-electron chi connectivity index (χ1n) is 49.2. The first-order valence-corrected chi connectivity index (χ1v) is 52.1. The second-order valence-electron chi connectivity index (χ2n) is 35.2. The highest BCUT2D eigenvalue weighted by Gasteiger charge is 2.35. The quantitative estimate of drug-likeness (QED) is 0.0188. The average molecular weight is 1790 g/mol. The van der Waals surface area contributed by atoms with Gasteiger partial charge in [-0.2, -0.15) is 0 Å². The van der Waals surface area contributed by atoms with Crippen LogP contribution in [0.5, 0.6) is 0 Å². The Hall–Kier alpha value is -2.30. The molecule has 8 atom stereocenters. The lowest BCUT2D eigenvalue weighted by molar-refractivity contribution is -0.229. The molecular formula is C94H182N2O24P2-2. The summed E-state index contributed by atoms with van der Waals surface area (Å²) < 4.78 is 105. The highest BCUT2D eigenvalue weighted by Crippen LogP contribution is 2.39. The Bertz CT molecular complexity index is 2510. The number of epoxide rings is 1. The third-order valence-electron chi connectivity index (χ3n) is 21.8. The van der Waals surface area contributed by atoms with Gasteiger partial charge in [-0.25, -0.2) is 0 Å².